The average molecular weight is 446 g/mol. The van der Waals surface area contributed by atoms with Crippen molar-refractivity contribution in [3.05, 3.63) is 22.7 Å². The second-order valence-electron chi connectivity index (χ2n) is 8.08. The SMILES string of the molecule is Cc1cc(Cl)cc2sc(N(CCCN3CCOCC3)C(=O)C(C)(C)C)nc12.Cl. The zero-order valence-electron chi connectivity index (χ0n) is 17.0. The van der Waals surface area contributed by atoms with Crippen molar-refractivity contribution in [3.63, 3.8) is 0 Å². The van der Waals surface area contributed by atoms with Gasteiger partial charge in [-0.2, -0.15) is 0 Å². The van der Waals surface area contributed by atoms with Crippen LogP contribution < -0.4 is 4.90 Å². The lowest BCUT2D eigenvalue weighted by atomic mass is 9.95. The number of carbonyl (C=O) groups is 1. The fourth-order valence-corrected chi connectivity index (χ4v) is 4.67. The highest BCUT2D eigenvalue weighted by Crippen LogP contribution is 2.34. The first-order chi connectivity index (χ1) is 12.8. The maximum Gasteiger partial charge on any atom is 0.234 e. The minimum absolute atomic E-state index is 0. The topological polar surface area (TPSA) is 45.7 Å². The minimum atomic E-state index is -0.455. The molecule has 156 valence electrons. The van der Waals surface area contributed by atoms with E-state index in [0.29, 0.717) is 11.6 Å². The molecule has 0 aliphatic carbocycles. The van der Waals surface area contributed by atoms with E-state index in [1.807, 2.05) is 44.7 Å². The van der Waals surface area contributed by atoms with E-state index >= 15 is 0 Å². The Morgan fingerprint density at radius 3 is 2.64 bits per heavy atom. The van der Waals surface area contributed by atoms with Crippen molar-refractivity contribution in [1.82, 2.24) is 9.88 Å². The molecule has 2 heterocycles. The number of hydrogen-bond donors (Lipinski definition) is 0. The molecule has 28 heavy (non-hydrogen) atoms. The van der Waals surface area contributed by atoms with Crippen molar-refractivity contribution < 1.29 is 9.53 Å². The van der Waals surface area contributed by atoms with Crippen LogP contribution in [0.5, 0.6) is 0 Å². The summed E-state index contributed by atoms with van der Waals surface area (Å²) in [4.78, 5) is 22.1. The van der Waals surface area contributed by atoms with E-state index in [1.54, 1.807) is 11.3 Å². The predicted octanol–water partition coefficient (Wildman–Crippen LogP) is 4.78. The Labute approximate surface area is 182 Å². The summed E-state index contributed by atoms with van der Waals surface area (Å²) in [7, 11) is 0. The summed E-state index contributed by atoms with van der Waals surface area (Å²) in [5, 5.41) is 1.47. The van der Waals surface area contributed by atoms with Gasteiger partial charge in [-0.05, 0) is 31.0 Å². The van der Waals surface area contributed by atoms with E-state index in [0.717, 1.165) is 60.2 Å². The Balaban J connectivity index is 0.00000280. The third kappa shape index (κ3) is 5.57. The monoisotopic (exact) mass is 445 g/mol. The highest BCUT2D eigenvalue weighted by molar-refractivity contribution is 7.22. The van der Waals surface area contributed by atoms with Crippen molar-refractivity contribution in [2.75, 3.05) is 44.3 Å². The maximum atomic E-state index is 13.1. The van der Waals surface area contributed by atoms with Crippen LogP contribution in [0.4, 0.5) is 5.13 Å². The van der Waals surface area contributed by atoms with Gasteiger partial charge in [-0.1, -0.05) is 43.7 Å². The molecule has 1 fully saturated rings. The van der Waals surface area contributed by atoms with Crippen molar-refractivity contribution in [3.8, 4) is 0 Å². The maximum absolute atomic E-state index is 13.1. The van der Waals surface area contributed by atoms with Crippen LogP contribution in [0.2, 0.25) is 5.02 Å². The molecule has 0 N–H and O–H groups in total. The fourth-order valence-electron chi connectivity index (χ4n) is 3.22. The zero-order chi connectivity index (χ0) is 19.6. The highest BCUT2D eigenvalue weighted by Gasteiger charge is 2.30. The molecule has 1 amide bonds. The van der Waals surface area contributed by atoms with Gasteiger partial charge in [0.1, 0.15) is 0 Å². The minimum Gasteiger partial charge on any atom is -0.379 e. The quantitative estimate of drug-likeness (QED) is 0.663. The molecule has 2 aromatic rings. The number of halogens is 2. The number of ether oxygens (including phenoxy) is 1. The molecule has 1 aliphatic heterocycles. The molecule has 5 nitrogen and oxygen atoms in total. The molecule has 0 radical (unpaired) electrons. The van der Waals surface area contributed by atoms with Gasteiger partial charge in [-0.25, -0.2) is 4.98 Å². The number of aromatic nitrogens is 1. The molecule has 1 aromatic carbocycles. The third-order valence-corrected chi connectivity index (χ3v) is 5.96. The Morgan fingerprint density at radius 1 is 1.32 bits per heavy atom. The second-order valence-corrected chi connectivity index (χ2v) is 9.53. The molecule has 1 aromatic heterocycles. The van der Waals surface area contributed by atoms with Gasteiger partial charge in [-0.3, -0.25) is 14.6 Å². The molecule has 3 rings (SSSR count). The molecule has 0 atom stereocenters. The number of aryl methyl sites for hydroxylation is 1. The molecular formula is C20H29Cl2N3O2S. The molecule has 0 spiro atoms. The van der Waals surface area contributed by atoms with Crippen molar-refractivity contribution in [2.24, 2.45) is 5.41 Å². The standard InChI is InChI=1S/C20H28ClN3O2S.ClH/c1-14-12-15(21)13-16-17(14)22-19(27-16)24(18(25)20(2,3)4)7-5-6-23-8-10-26-11-9-23;/h12-13H,5-11H2,1-4H3;1H. The largest absolute Gasteiger partial charge is 0.379 e. The highest BCUT2D eigenvalue weighted by atomic mass is 35.5. The van der Waals surface area contributed by atoms with Gasteiger partial charge in [0.05, 0.1) is 23.4 Å². The summed E-state index contributed by atoms with van der Waals surface area (Å²) >= 11 is 7.74. The predicted molar refractivity (Wildman–Crippen MR) is 120 cm³/mol. The third-order valence-electron chi connectivity index (χ3n) is 4.72. The van der Waals surface area contributed by atoms with Gasteiger partial charge in [0, 0.05) is 36.6 Å². The average Bonchev–Trinajstić information content (AvgIpc) is 3.02. The summed E-state index contributed by atoms with van der Waals surface area (Å²) in [5.41, 5.74) is 1.51. The number of benzene rings is 1. The van der Waals surface area contributed by atoms with E-state index in [4.69, 9.17) is 21.3 Å². The first-order valence-corrected chi connectivity index (χ1v) is 10.6. The van der Waals surface area contributed by atoms with Crippen LogP contribution in [0.1, 0.15) is 32.8 Å². The number of nitrogens with zero attached hydrogens (tertiary/aromatic N) is 3. The van der Waals surface area contributed by atoms with E-state index in [2.05, 4.69) is 4.90 Å². The van der Waals surface area contributed by atoms with Crippen molar-refractivity contribution in [2.45, 2.75) is 34.1 Å². The Kier molecular flexibility index (Phi) is 8.11. The van der Waals surface area contributed by atoms with E-state index < -0.39 is 5.41 Å². The normalized spacial score (nSPS) is 15.5. The van der Waals surface area contributed by atoms with Gasteiger partial charge in [0.2, 0.25) is 5.91 Å². The second kappa shape index (κ2) is 9.72. The number of morpholine rings is 1. The van der Waals surface area contributed by atoms with Crippen LogP contribution in [0.15, 0.2) is 12.1 Å². The van der Waals surface area contributed by atoms with E-state index in [1.165, 1.54) is 0 Å². The molecule has 0 unspecified atom stereocenters. The smallest absolute Gasteiger partial charge is 0.234 e. The van der Waals surface area contributed by atoms with Gasteiger partial charge >= 0.3 is 0 Å². The van der Waals surface area contributed by atoms with Gasteiger partial charge in [-0.15, -0.1) is 12.4 Å². The lowest BCUT2D eigenvalue weighted by Gasteiger charge is -2.30. The Bertz CT molecular complexity index is 814. The molecular weight excluding hydrogens is 417 g/mol. The number of fused-ring (bicyclic) bond motifs is 1. The summed E-state index contributed by atoms with van der Waals surface area (Å²) in [6, 6.07) is 3.85. The number of anilines is 1. The number of thiazole rings is 1. The van der Waals surface area contributed by atoms with Crippen LogP contribution >= 0.6 is 35.3 Å². The van der Waals surface area contributed by atoms with Gasteiger partial charge in [0.25, 0.3) is 0 Å². The fraction of sp³-hybridized carbons (Fsp3) is 0.600. The lowest BCUT2D eigenvalue weighted by Crippen LogP contribution is -2.42. The summed E-state index contributed by atoms with van der Waals surface area (Å²) < 4.78 is 6.43. The lowest BCUT2D eigenvalue weighted by molar-refractivity contribution is -0.125. The molecule has 1 aliphatic rings. The first-order valence-electron chi connectivity index (χ1n) is 9.44. The molecule has 1 saturated heterocycles. The first kappa shape index (κ1) is 23.4. The summed E-state index contributed by atoms with van der Waals surface area (Å²) in [6.07, 6.45) is 0.914. The number of carbonyl (C=O) groups excluding carboxylic acids is 1. The van der Waals surface area contributed by atoms with Crippen LogP contribution in [0.25, 0.3) is 10.2 Å². The van der Waals surface area contributed by atoms with Crippen LogP contribution in [0.3, 0.4) is 0 Å². The summed E-state index contributed by atoms with van der Waals surface area (Å²) in [5.74, 6) is 0.104. The number of hydrogen-bond acceptors (Lipinski definition) is 5. The summed E-state index contributed by atoms with van der Waals surface area (Å²) in [6.45, 7) is 13.0. The van der Waals surface area contributed by atoms with Crippen LogP contribution in [-0.4, -0.2) is 55.2 Å². The van der Waals surface area contributed by atoms with Crippen molar-refractivity contribution in [1.29, 1.82) is 0 Å². The zero-order valence-corrected chi connectivity index (χ0v) is 19.3. The van der Waals surface area contributed by atoms with Gasteiger partial charge < -0.3 is 4.74 Å². The van der Waals surface area contributed by atoms with E-state index in [-0.39, 0.29) is 18.3 Å². The molecule has 0 bridgehead atoms. The molecule has 8 heteroatoms. The van der Waals surface area contributed by atoms with Crippen LogP contribution in [-0.2, 0) is 9.53 Å². The number of amides is 1. The van der Waals surface area contributed by atoms with Gasteiger partial charge in [0.15, 0.2) is 5.13 Å². The van der Waals surface area contributed by atoms with E-state index in [9.17, 15) is 4.79 Å². The molecule has 0 saturated carbocycles. The number of rotatable bonds is 5. The Morgan fingerprint density at radius 2 is 2.00 bits per heavy atom. The Hall–Kier alpha value is -0.920. The van der Waals surface area contributed by atoms with Crippen molar-refractivity contribution >= 4 is 56.6 Å². The van der Waals surface area contributed by atoms with Crippen LogP contribution in [0, 0.1) is 12.3 Å².